The average Bonchev–Trinajstić information content (AvgIpc) is 2.60. The first-order valence-corrected chi connectivity index (χ1v) is 9.46. The van der Waals surface area contributed by atoms with Gasteiger partial charge >= 0.3 is 0 Å². The quantitative estimate of drug-likeness (QED) is 0.719. The topological polar surface area (TPSA) is 47.6 Å². The minimum Gasteiger partial charge on any atom is -0.493 e. The number of amides is 1. The minimum atomic E-state index is 0.104. The summed E-state index contributed by atoms with van der Waals surface area (Å²) >= 11 is 0. The summed E-state index contributed by atoms with van der Waals surface area (Å²) in [4.78, 5) is 12.2. The Labute approximate surface area is 162 Å². The summed E-state index contributed by atoms with van der Waals surface area (Å²) in [6.07, 6.45) is 2.22. The standard InChI is InChI=1S/C23H31NO3/c1-16-10-17(2)12-20(11-16)13-18(3)14-23(25)24-9-8-19-6-7-21(26-4)22(15-19)27-5/h6-7,10-12,15,18H,8-9,13-14H2,1-5H3,(H,24,25)/t18-/m1/s1. The molecule has 0 bridgehead atoms. The molecule has 0 spiro atoms. The molecule has 4 heteroatoms. The van der Waals surface area contributed by atoms with Gasteiger partial charge in [-0.15, -0.1) is 0 Å². The van der Waals surface area contributed by atoms with Crippen LogP contribution >= 0.6 is 0 Å². The van der Waals surface area contributed by atoms with Crippen molar-refractivity contribution in [2.75, 3.05) is 20.8 Å². The lowest BCUT2D eigenvalue weighted by Crippen LogP contribution is -2.27. The number of ether oxygens (including phenoxy) is 2. The Hall–Kier alpha value is -2.49. The lowest BCUT2D eigenvalue weighted by Gasteiger charge is -2.13. The molecule has 0 heterocycles. The summed E-state index contributed by atoms with van der Waals surface area (Å²) in [5, 5.41) is 3.03. The second kappa shape index (κ2) is 10.0. The van der Waals surface area contributed by atoms with Crippen molar-refractivity contribution in [3.63, 3.8) is 0 Å². The average molecular weight is 370 g/mol. The first-order chi connectivity index (χ1) is 12.9. The Morgan fingerprint density at radius 1 is 0.963 bits per heavy atom. The Balaban J connectivity index is 1.78. The lowest BCUT2D eigenvalue weighted by molar-refractivity contribution is -0.121. The first kappa shape index (κ1) is 20.8. The summed E-state index contributed by atoms with van der Waals surface area (Å²) in [7, 11) is 3.25. The molecular formula is C23H31NO3. The Morgan fingerprint density at radius 3 is 2.26 bits per heavy atom. The molecule has 0 radical (unpaired) electrons. The van der Waals surface area contributed by atoms with Crippen molar-refractivity contribution in [2.45, 2.75) is 40.0 Å². The maximum atomic E-state index is 12.2. The number of methoxy groups -OCH3 is 2. The summed E-state index contributed by atoms with van der Waals surface area (Å²) in [6, 6.07) is 12.4. The zero-order chi connectivity index (χ0) is 19.8. The van der Waals surface area contributed by atoms with Crippen molar-refractivity contribution in [1.29, 1.82) is 0 Å². The fraction of sp³-hybridized carbons (Fsp3) is 0.435. The van der Waals surface area contributed by atoms with Crippen molar-refractivity contribution in [1.82, 2.24) is 5.32 Å². The van der Waals surface area contributed by atoms with Gasteiger partial charge in [-0.2, -0.15) is 0 Å². The fourth-order valence-corrected chi connectivity index (χ4v) is 3.43. The van der Waals surface area contributed by atoms with Crippen molar-refractivity contribution >= 4 is 5.91 Å². The van der Waals surface area contributed by atoms with Gasteiger partial charge in [-0.1, -0.05) is 42.3 Å². The van der Waals surface area contributed by atoms with E-state index in [4.69, 9.17) is 9.47 Å². The molecule has 0 aromatic heterocycles. The van der Waals surface area contributed by atoms with Crippen LogP contribution in [0.3, 0.4) is 0 Å². The van der Waals surface area contributed by atoms with Gasteiger partial charge < -0.3 is 14.8 Å². The molecule has 0 fully saturated rings. The van der Waals surface area contributed by atoms with Gasteiger partial charge in [-0.05, 0) is 55.9 Å². The maximum absolute atomic E-state index is 12.2. The highest BCUT2D eigenvalue weighted by Gasteiger charge is 2.11. The van der Waals surface area contributed by atoms with Gasteiger partial charge in [-0.25, -0.2) is 0 Å². The summed E-state index contributed by atoms with van der Waals surface area (Å²) in [5.74, 6) is 1.84. The van der Waals surface area contributed by atoms with Crippen molar-refractivity contribution in [3.8, 4) is 11.5 Å². The molecule has 2 aromatic rings. The number of benzene rings is 2. The van der Waals surface area contributed by atoms with Crippen molar-refractivity contribution in [2.24, 2.45) is 5.92 Å². The van der Waals surface area contributed by atoms with E-state index in [9.17, 15) is 4.79 Å². The Kier molecular flexibility index (Phi) is 7.71. The van der Waals surface area contributed by atoms with Crippen LogP contribution in [0.1, 0.15) is 35.6 Å². The Bertz CT molecular complexity index is 750. The number of hydrogen-bond donors (Lipinski definition) is 1. The van der Waals surface area contributed by atoms with Gasteiger partial charge in [-0.3, -0.25) is 4.79 Å². The second-order valence-corrected chi connectivity index (χ2v) is 7.30. The number of carbonyl (C=O) groups is 1. The molecule has 27 heavy (non-hydrogen) atoms. The van der Waals surface area contributed by atoms with E-state index in [2.05, 4.69) is 44.3 Å². The van der Waals surface area contributed by atoms with Gasteiger partial charge in [0, 0.05) is 13.0 Å². The molecule has 0 saturated heterocycles. The van der Waals surface area contributed by atoms with Crippen LogP contribution in [-0.4, -0.2) is 26.7 Å². The van der Waals surface area contributed by atoms with Gasteiger partial charge in [0.2, 0.25) is 5.91 Å². The van der Waals surface area contributed by atoms with E-state index in [1.165, 1.54) is 16.7 Å². The first-order valence-electron chi connectivity index (χ1n) is 9.46. The van der Waals surface area contributed by atoms with E-state index in [0.29, 0.717) is 30.4 Å². The zero-order valence-corrected chi connectivity index (χ0v) is 17.1. The van der Waals surface area contributed by atoms with Gasteiger partial charge in [0.05, 0.1) is 14.2 Å². The van der Waals surface area contributed by atoms with Crippen LogP contribution in [0.2, 0.25) is 0 Å². The fourth-order valence-electron chi connectivity index (χ4n) is 3.43. The maximum Gasteiger partial charge on any atom is 0.220 e. The SMILES string of the molecule is COc1ccc(CCNC(=O)C[C@H](C)Cc2cc(C)cc(C)c2)cc1OC. The molecule has 0 aliphatic heterocycles. The second-order valence-electron chi connectivity index (χ2n) is 7.30. The smallest absolute Gasteiger partial charge is 0.220 e. The third-order valence-electron chi connectivity index (χ3n) is 4.58. The largest absolute Gasteiger partial charge is 0.493 e. The van der Waals surface area contributed by atoms with E-state index in [1.54, 1.807) is 14.2 Å². The van der Waals surface area contributed by atoms with Gasteiger partial charge in [0.15, 0.2) is 11.5 Å². The normalized spacial score (nSPS) is 11.7. The Morgan fingerprint density at radius 2 is 1.63 bits per heavy atom. The summed E-state index contributed by atoms with van der Waals surface area (Å²) < 4.78 is 10.6. The molecule has 0 saturated carbocycles. The molecule has 2 aromatic carbocycles. The van der Waals surface area contributed by atoms with Crippen molar-refractivity contribution in [3.05, 3.63) is 58.7 Å². The third kappa shape index (κ3) is 6.63. The van der Waals surface area contributed by atoms with Crippen LogP contribution in [0.15, 0.2) is 36.4 Å². The van der Waals surface area contributed by atoms with E-state index >= 15 is 0 Å². The molecule has 0 aliphatic carbocycles. The third-order valence-corrected chi connectivity index (χ3v) is 4.58. The number of nitrogens with one attached hydrogen (secondary N) is 1. The number of carbonyl (C=O) groups excluding carboxylic acids is 1. The van der Waals surface area contributed by atoms with E-state index in [-0.39, 0.29) is 5.91 Å². The lowest BCUT2D eigenvalue weighted by atomic mass is 9.95. The molecule has 146 valence electrons. The van der Waals surface area contributed by atoms with E-state index in [1.807, 2.05) is 18.2 Å². The van der Waals surface area contributed by atoms with Crippen LogP contribution < -0.4 is 14.8 Å². The molecule has 1 amide bonds. The number of rotatable bonds is 9. The number of aryl methyl sites for hydroxylation is 2. The van der Waals surface area contributed by atoms with Crippen LogP contribution in [0.25, 0.3) is 0 Å². The molecule has 2 rings (SSSR count). The summed E-state index contributed by atoms with van der Waals surface area (Å²) in [6.45, 7) is 6.97. The predicted octanol–water partition coefficient (Wildman–Crippen LogP) is 4.25. The summed E-state index contributed by atoms with van der Waals surface area (Å²) in [5.41, 5.74) is 4.96. The van der Waals surface area contributed by atoms with E-state index < -0.39 is 0 Å². The molecule has 1 atom stereocenters. The minimum absolute atomic E-state index is 0.104. The zero-order valence-electron chi connectivity index (χ0n) is 17.1. The molecule has 1 N–H and O–H groups in total. The highest BCUT2D eigenvalue weighted by atomic mass is 16.5. The van der Waals surface area contributed by atoms with E-state index in [0.717, 1.165) is 18.4 Å². The van der Waals surface area contributed by atoms with Crippen LogP contribution in [-0.2, 0) is 17.6 Å². The van der Waals surface area contributed by atoms with Crippen LogP contribution in [0.5, 0.6) is 11.5 Å². The van der Waals surface area contributed by atoms with Crippen molar-refractivity contribution < 1.29 is 14.3 Å². The molecule has 4 nitrogen and oxygen atoms in total. The highest BCUT2D eigenvalue weighted by Crippen LogP contribution is 2.27. The predicted molar refractivity (Wildman–Crippen MR) is 110 cm³/mol. The monoisotopic (exact) mass is 369 g/mol. The molecule has 0 aliphatic rings. The van der Waals surface area contributed by atoms with Crippen LogP contribution in [0, 0.1) is 19.8 Å². The van der Waals surface area contributed by atoms with Gasteiger partial charge in [0.25, 0.3) is 0 Å². The molecular weight excluding hydrogens is 338 g/mol. The molecule has 0 unspecified atom stereocenters. The van der Waals surface area contributed by atoms with Crippen LogP contribution in [0.4, 0.5) is 0 Å². The highest BCUT2D eigenvalue weighted by molar-refractivity contribution is 5.76. The number of hydrogen-bond acceptors (Lipinski definition) is 3. The van der Waals surface area contributed by atoms with Gasteiger partial charge in [0.1, 0.15) is 0 Å².